The van der Waals surface area contributed by atoms with Crippen molar-refractivity contribution < 1.29 is 9.53 Å². The van der Waals surface area contributed by atoms with E-state index in [1.807, 2.05) is 25.7 Å². The Kier molecular flexibility index (Phi) is 4.49. The minimum absolute atomic E-state index is 0.153. The predicted molar refractivity (Wildman–Crippen MR) is 87.7 cm³/mol. The lowest BCUT2D eigenvalue weighted by atomic mass is 9.71. The van der Waals surface area contributed by atoms with Gasteiger partial charge in [0.25, 0.3) is 0 Å². The second kappa shape index (κ2) is 6.23. The van der Waals surface area contributed by atoms with Gasteiger partial charge < -0.3 is 15.0 Å². The number of fused-ring (bicyclic) bond motifs is 1. The van der Waals surface area contributed by atoms with Crippen LogP contribution < -0.4 is 5.32 Å². The number of hydrogen-bond acceptors (Lipinski definition) is 3. The van der Waals surface area contributed by atoms with Gasteiger partial charge in [-0.1, -0.05) is 12.2 Å². The fraction of sp³-hybridized carbons (Fsp3) is 0.833. The van der Waals surface area contributed by atoms with Crippen molar-refractivity contribution in [3.8, 4) is 0 Å². The van der Waals surface area contributed by atoms with Crippen molar-refractivity contribution in [2.24, 2.45) is 17.8 Å². The number of hydrogen-bond donors (Lipinski definition) is 1. The summed E-state index contributed by atoms with van der Waals surface area (Å²) < 4.78 is 5.50. The summed E-state index contributed by atoms with van der Waals surface area (Å²) in [4.78, 5) is 14.1. The average Bonchev–Trinajstić information content (AvgIpc) is 2.79. The van der Waals surface area contributed by atoms with Crippen molar-refractivity contribution in [3.05, 3.63) is 12.2 Å². The van der Waals surface area contributed by atoms with Gasteiger partial charge in [-0.15, -0.1) is 0 Å². The van der Waals surface area contributed by atoms with E-state index in [1.165, 1.54) is 19.3 Å². The third-order valence-corrected chi connectivity index (χ3v) is 5.20. The molecule has 1 heterocycles. The Hall–Kier alpha value is -1.03. The van der Waals surface area contributed by atoms with Crippen molar-refractivity contribution in [3.63, 3.8) is 0 Å². The first-order valence-corrected chi connectivity index (χ1v) is 8.80. The Morgan fingerprint density at radius 2 is 2.23 bits per heavy atom. The van der Waals surface area contributed by atoms with E-state index in [1.54, 1.807) is 0 Å². The molecule has 3 rings (SSSR count). The fourth-order valence-corrected chi connectivity index (χ4v) is 3.99. The molecule has 1 aliphatic heterocycles. The van der Waals surface area contributed by atoms with Crippen molar-refractivity contribution in [1.29, 1.82) is 0 Å². The standard InChI is InChI=1S/C18H30N2O2/c1-18(2,3)22-17(21)20-9-5-6-13(12-20)11-19-16-10-14-7-4-8-15(14)16/h4,8,13-16,19H,5-7,9-12H2,1-3H3. The van der Waals surface area contributed by atoms with Crippen LogP contribution in [0.15, 0.2) is 12.2 Å². The zero-order valence-electron chi connectivity index (χ0n) is 14.2. The highest BCUT2D eigenvalue weighted by molar-refractivity contribution is 5.68. The van der Waals surface area contributed by atoms with Crippen LogP contribution in [-0.2, 0) is 4.74 Å². The second-order valence-corrected chi connectivity index (χ2v) is 8.19. The normalized spacial score (nSPS) is 34.2. The summed E-state index contributed by atoms with van der Waals surface area (Å²) in [6, 6.07) is 0.667. The first kappa shape index (κ1) is 15.9. The molecule has 0 aromatic heterocycles. The lowest BCUT2D eigenvalue weighted by Crippen LogP contribution is -2.51. The van der Waals surface area contributed by atoms with Gasteiger partial charge in [0.05, 0.1) is 0 Å². The second-order valence-electron chi connectivity index (χ2n) is 8.19. The molecule has 0 bridgehead atoms. The number of allylic oxidation sites excluding steroid dienone is 1. The summed E-state index contributed by atoms with van der Waals surface area (Å²) in [6.07, 6.45) is 9.46. The van der Waals surface area contributed by atoms with E-state index in [9.17, 15) is 4.79 Å². The van der Waals surface area contributed by atoms with Crippen LogP contribution in [0.25, 0.3) is 0 Å². The molecule has 1 amide bonds. The maximum absolute atomic E-state index is 12.2. The molecule has 4 unspecified atom stereocenters. The molecule has 0 aromatic carbocycles. The van der Waals surface area contributed by atoms with E-state index in [0.29, 0.717) is 12.0 Å². The van der Waals surface area contributed by atoms with Gasteiger partial charge in [0.2, 0.25) is 0 Å². The Morgan fingerprint density at radius 1 is 1.41 bits per heavy atom. The van der Waals surface area contributed by atoms with E-state index in [0.717, 1.165) is 37.9 Å². The van der Waals surface area contributed by atoms with Crippen LogP contribution in [0.3, 0.4) is 0 Å². The maximum atomic E-state index is 12.2. The minimum atomic E-state index is -0.405. The molecular formula is C18H30N2O2. The van der Waals surface area contributed by atoms with Gasteiger partial charge in [-0.3, -0.25) is 0 Å². The van der Waals surface area contributed by atoms with Gasteiger partial charge >= 0.3 is 6.09 Å². The van der Waals surface area contributed by atoms with Crippen LogP contribution >= 0.6 is 0 Å². The molecule has 124 valence electrons. The van der Waals surface area contributed by atoms with Crippen molar-refractivity contribution in [2.75, 3.05) is 19.6 Å². The number of ether oxygens (including phenoxy) is 1. The monoisotopic (exact) mass is 306 g/mol. The first-order valence-electron chi connectivity index (χ1n) is 8.80. The summed E-state index contributed by atoms with van der Waals surface area (Å²) in [5.41, 5.74) is -0.405. The van der Waals surface area contributed by atoms with Crippen LogP contribution in [0.1, 0.15) is 46.5 Å². The summed E-state index contributed by atoms with van der Waals surface area (Å²) in [6.45, 7) is 8.48. The Balaban J connectivity index is 1.43. The molecule has 1 saturated heterocycles. The number of piperidine rings is 1. The molecule has 0 radical (unpaired) electrons. The molecule has 4 nitrogen and oxygen atoms in total. The highest BCUT2D eigenvalue weighted by Gasteiger charge is 2.41. The van der Waals surface area contributed by atoms with E-state index < -0.39 is 5.60 Å². The van der Waals surface area contributed by atoms with Gasteiger partial charge in [0.15, 0.2) is 0 Å². The highest BCUT2D eigenvalue weighted by atomic mass is 16.6. The summed E-state index contributed by atoms with van der Waals surface area (Å²) >= 11 is 0. The molecule has 0 spiro atoms. The number of nitrogens with zero attached hydrogens (tertiary/aromatic N) is 1. The average molecular weight is 306 g/mol. The van der Waals surface area contributed by atoms with E-state index in [-0.39, 0.29) is 6.09 Å². The third-order valence-electron chi connectivity index (χ3n) is 5.20. The Labute approximate surface area is 134 Å². The van der Waals surface area contributed by atoms with Crippen molar-refractivity contribution in [2.45, 2.75) is 58.1 Å². The highest BCUT2D eigenvalue weighted by Crippen LogP contribution is 2.42. The van der Waals surface area contributed by atoms with Gasteiger partial charge in [-0.2, -0.15) is 0 Å². The van der Waals surface area contributed by atoms with Gasteiger partial charge in [-0.05, 0) is 70.8 Å². The molecule has 0 aromatic rings. The van der Waals surface area contributed by atoms with Crippen LogP contribution in [0.2, 0.25) is 0 Å². The molecule has 1 N–H and O–H groups in total. The zero-order valence-corrected chi connectivity index (χ0v) is 14.2. The number of carbonyl (C=O) groups is 1. The van der Waals surface area contributed by atoms with Crippen LogP contribution in [0.5, 0.6) is 0 Å². The fourth-order valence-electron chi connectivity index (χ4n) is 3.99. The zero-order chi connectivity index (χ0) is 15.7. The van der Waals surface area contributed by atoms with E-state index >= 15 is 0 Å². The molecule has 22 heavy (non-hydrogen) atoms. The topological polar surface area (TPSA) is 41.6 Å². The number of rotatable bonds is 3. The minimum Gasteiger partial charge on any atom is -0.444 e. The number of carbonyl (C=O) groups excluding carboxylic acids is 1. The van der Waals surface area contributed by atoms with Crippen molar-refractivity contribution >= 4 is 6.09 Å². The number of likely N-dealkylation sites (tertiary alicyclic amines) is 1. The number of nitrogens with one attached hydrogen (secondary N) is 1. The van der Waals surface area contributed by atoms with Crippen LogP contribution in [0, 0.1) is 17.8 Å². The molecular weight excluding hydrogens is 276 g/mol. The third kappa shape index (κ3) is 3.65. The molecule has 3 aliphatic rings. The lowest BCUT2D eigenvalue weighted by Gasteiger charge is -2.42. The predicted octanol–water partition coefficient (Wildman–Crippen LogP) is 3.19. The number of amides is 1. The quantitative estimate of drug-likeness (QED) is 0.814. The summed E-state index contributed by atoms with van der Waals surface area (Å²) in [7, 11) is 0. The van der Waals surface area contributed by atoms with E-state index in [2.05, 4.69) is 17.5 Å². The molecule has 2 aliphatic carbocycles. The van der Waals surface area contributed by atoms with Crippen molar-refractivity contribution in [1.82, 2.24) is 10.2 Å². The maximum Gasteiger partial charge on any atom is 0.410 e. The summed E-state index contributed by atoms with van der Waals surface area (Å²) in [5.74, 6) is 2.23. The lowest BCUT2D eigenvalue weighted by molar-refractivity contribution is 0.0160. The Morgan fingerprint density at radius 3 is 2.95 bits per heavy atom. The van der Waals surface area contributed by atoms with Gasteiger partial charge in [0, 0.05) is 19.1 Å². The molecule has 2 fully saturated rings. The van der Waals surface area contributed by atoms with Crippen LogP contribution in [-0.4, -0.2) is 42.3 Å². The summed E-state index contributed by atoms with van der Waals surface area (Å²) in [5, 5.41) is 3.74. The largest absolute Gasteiger partial charge is 0.444 e. The smallest absolute Gasteiger partial charge is 0.410 e. The van der Waals surface area contributed by atoms with Gasteiger partial charge in [-0.25, -0.2) is 4.79 Å². The first-order chi connectivity index (χ1) is 10.4. The Bertz CT molecular complexity index is 441. The van der Waals surface area contributed by atoms with Gasteiger partial charge in [0.1, 0.15) is 5.60 Å². The molecule has 4 atom stereocenters. The SMILES string of the molecule is CC(C)(C)OC(=O)N1CCCC(CNC2CC3CC=CC32)C1. The molecule has 1 saturated carbocycles. The van der Waals surface area contributed by atoms with E-state index in [4.69, 9.17) is 4.74 Å². The molecule has 4 heteroatoms. The van der Waals surface area contributed by atoms with Crippen LogP contribution in [0.4, 0.5) is 4.79 Å².